The zero-order valence-corrected chi connectivity index (χ0v) is 14.5. The SMILES string of the molecule is CNC[C@@H]1CCN(C(=O)c2cc(C)n(-c3cccc(F)c3)c2C)C1. The average molecular weight is 329 g/mol. The van der Waals surface area contributed by atoms with Gasteiger partial charge < -0.3 is 14.8 Å². The fourth-order valence-corrected chi connectivity index (χ4v) is 3.63. The molecule has 0 radical (unpaired) electrons. The van der Waals surface area contributed by atoms with E-state index in [9.17, 15) is 9.18 Å². The van der Waals surface area contributed by atoms with Gasteiger partial charge in [0.05, 0.1) is 5.56 Å². The van der Waals surface area contributed by atoms with Gasteiger partial charge in [-0.1, -0.05) is 6.07 Å². The summed E-state index contributed by atoms with van der Waals surface area (Å²) in [6.07, 6.45) is 1.04. The molecular formula is C19H24FN3O. The van der Waals surface area contributed by atoms with Crippen LogP contribution < -0.4 is 5.32 Å². The van der Waals surface area contributed by atoms with Crippen LogP contribution in [0.2, 0.25) is 0 Å². The van der Waals surface area contributed by atoms with Gasteiger partial charge in [0.15, 0.2) is 0 Å². The van der Waals surface area contributed by atoms with Gasteiger partial charge in [0.25, 0.3) is 5.91 Å². The van der Waals surface area contributed by atoms with Crippen LogP contribution in [-0.2, 0) is 0 Å². The normalized spacial score (nSPS) is 17.5. The summed E-state index contributed by atoms with van der Waals surface area (Å²) in [4.78, 5) is 14.8. The lowest BCUT2D eigenvalue weighted by molar-refractivity contribution is 0.0786. The molecule has 3 rings (SSSR count). The summed E-state index contributed by atoms with van der Waals surface area (Å²) in [6, 6.07) is 8.38. The molecular weight excluding hydrogens is 305 g/mol. The topological polar surface area (TPSA) is 37.3 Å². The molecule has 0 bridgehead atoms. The monoisotopic (exact) mass is 329 g/mol. The molecule has 2 aromatic rings. The smallest absolute Gasteiger partial charge is 0.255 e. The molecule has 4 nitrogen and oxygen atoms in total. The molecule has 1 aliphatic heterocycles. The van der Waals surface area contributed by atoms with E-state index in [0.717, 1.165) is 43.1 Å². The highest BCUT2D eigenvalue weighted by Gasteiger charge is 2.28. The zero-order valence-electron chi connectivity index (χ0n) is 14.5. The molecule has 1 saturated heterocycles. The first-order chi connectivity index (χ1) is 11.5. The summed E-state index contributed by atoms with van der Waals surface area (Å²) >= 11 is 0. The highest BCUT2D eigenvalue weighted by atomic mass is 19.1. The van der Waals surface area contributed by atoms with Gasteiger partial charge in [-0.3, -0.25) is 4.79 Å². The Morgan fingerprint density at radius 2 is 2.12 bits per heavy atom. The summed E-state index contributed by atoms with van der Waals surface area (Å²) in [5.74, 6) is 0.317. The Kier molecular flexibility index (Phi) is 4.71. The molecule has 0 saturated carbocycles. The molecule has 0 spiro atoms. The maximum absolute atomic E-state index is 13.5. The van der Waals surface area contributed by atoms with Gasteiger partial charge >= 0.3 is 0 Å². The Morgan fingerprint density at radius 1 is 1.33 bits per heavy atom. The molecule has 5 heteroatoms. The van der Waals surface area contributed by atoms with Gasteiger partial charge in [-0.15, -0.1) is 0 Å². The van der Waals surface area contributed by atoms with Crippen molar-refractivity contribution in [2.45, 2.75) is 20.3 Å². The maximum Gasteiger partial charge on any atom is 0.255 e. The largest absolute Gasteiger partial charge is 0.338 e. The van der Waals surface area contributed by atoms with Gasteiger partial charge in [0.1, 0.15) is 5.82 Å². The van der Waals surface area contributed by atoms with Crippen LogP contribution in [0.5, 0.6) is 0 Å². The first kappa shape index (κ1) is 16.7. The summed E-state index contributed by atoms with van der Waals surface area (Å²) < 4.78 is 15.5. The van der Waals surface area contributed by atoms with E-state index in [-0.39, 0.29) is 11.7 Å². The van der Waals surface area contributed by atoms with Crippen molar-refractivity contribution < 1.29 is 9.18 Å². The van der Waals surface area contributed by atoms with Crippen molar-refractivity contribution in [2.24, 2.45) is 5.92 Å². The third kappa shape index (κ3) is 3.08. The predicted octanol–water partition coefficient (Wildman–Crippen LogP) is 2.91. The minimum absolute atomic E-state index is 0.0735. The maximum atomic E-state index is 13.5. The molecule has 1 aromatic heterocycles. The molecule has 1 aromatic carbocycles. The Labute approximate surface area is 142 Å². The quantitative estimate of drug-likeness (QED) is 0.936. The van der Waals surface area contributed by atoms with Crippen molar-refractivity contribution in [3.05, 3.63) is 53.1 Å². The second-order valence-corrected chi connectivity index (χ2v) is 6.56. The van der Waals surface area contributed by atoms with Gasteiger partial charge in [-0.25, -0.2) is 4.39 Å². The second kappa shape index (κ2) is 6.77. The lowest BCUT2D eigenvalue weighted by atomic mass is 10.1. The lowest BCUT2D eigenvalue weighted by Crippen LogP contribution is -2.30. The van der Waals surface area contributed by atoms with E-state index < -0.39 is 0 Å². The van der Waals surface area contributed by atoms with Crippen LogP contribution in [0.15, 0.2) is 30.3 Å². The van der Waals surface area contributed by atoms with Crippen LogP contribution in [0.3, 0.4) is 0 Å². The van der Waals surface area contributed by atoms with E-state index in [0.29, 0.717) is 11.5 Å². The number of likely N-dealkylation sites (tertiary alicyclic amines) is 1. The molecule has 0 aliphatic carbocycles. The number of benzene rings is 1. The van der Waals surface area contributed by atoms with E-state index in [1.807, 2.05) is 42.5 Å². The first-order valence-electron chi connectivity index (χ1n) is 8.40. The molecule has 24 heavy (non-hydrogen) atoms. The number of carbonyl (C=O) groups is 1. The Hall–Kier alpha value is -2.14. The number of aryl methyl sites for hydroxylation is 1. The fourth-order valence-electron chi connectivity index (χ4n) is 3.63. The molecule has 1 aliphatic rings. The van der Waals surface area contributed by atoms with E-state index in [1.165, 1.54) is 12.1 Å². The third-order valence-corrected chi connectivity index (χ3v) is 4.79. The Balaban J connectivity index is 1.88. The third-order valence-electron chi connectivity index (χ3n) is 4.79. The van der Waals surface area contributed by atoms with Gasteiger partial charge in [-0.05, 0) is 64.0 Å². The Morgan fingerprint density at radius 3 is 2.83 bits per heavy atom. The number of aromatic nitrogens is 1. The number of hydrogen-bond donors (Lipinski definition) is 1. The Bertz CT molecular complexity index is 753. The average Bonchev–Trinajstić information content (AvgIpc) is 3.12. The van der Waals surface area contributed by atoms with Crippen LogP contribution in [0.1, 0.15) is 28.2 Å². The molecule has 1 N–H and O–H groups in total. The predicted molar refractivity (Wildman–Crippen MR) is 93.1 cm³/mol. The minimum Gasteiger partial charge on any atom is -0.338 e. The van der Waals surface area contributed by atoms with E-state index in [4.69, 9.17) is 0 Å². The van der Waals surface area contributed by atoms with Crippen LogP contribution in [0.25, 0.3) is 5.69 Å². The summed E-state index contributed by atoms with van der Waals surface area (Å²) in [5.41, 5.74) is 3.26. The fraction of sp³-hybridized carbons (Fsp3) is 0.421. The standard InChI is InChI=1S/C19H24FN3O/c1-13-9-18(19(24)22-8-7-15(12-22)11-21-3)14(2)23(13)17-6-4-5-16(20)10-17/h4-6,9-10,15,21H,7-8,11-12H2,1-3H3/t15-/m0/s1. The van der Waals surface area contributed by atoms with Crippen molar-refractivity contribution in [1.82, 2.24) is 14.8 Å². The van der Waals surface area contributed by atoms with Crippen molar-refractivity contribution in [2.75, 3.05) is 26.7 Å². The van der Waals surface area contributed by atoms with E-state index >= 15 is 0 Å². The second-order valence-electron chi connectivity index (χ2n) is 6.56. The molecule has 1 amide bonds. The van der Waals surface area contributed by atoms with Crippen molar-refractivity contribution in [1.29, 1.82) is 0 Å². The highest BCUT2D eigenvalue weighted by Crippen LogP contribution is 2.25. The number of amides is 1. The number of nitrogens with zero attached hydrogens (tertiary/aromatic N) is 2. The van der Waals surface area contributed by atoms with Crippen molar-refractivity contribution in [3.8, 4) is 5.69 Å². The van der Waals surface area contributed by atoms with Crippen molar-refractivity contribution >= 4 is 5.91 Å². The molecule has 128 valence electrons. The van der Waals surface area contributed by atoms with Gasteiger partial charge in [-0.2, -0.15) is 0 Å². The summed E-state index contributed by atoms with van der Waals surface area (Å²) in [6.45, 7) is 6.40. The van der Waals surface area contributed by atoms with Crippen LogP contribution >= 0.6 is 0 Å². The van der Waals surface area contributed by atoms with E-state index in [2.05, 4.69) is 5.32 Å². The molecule has 2 heterocycles. The minimum atomic E-state index is -0.276. The van der Waals surface area contributed by atoms with Gasteiger partial charge in [0, 0.05) is 30.2 Å². The van der Waals surface area contributed by atoms with Crippen LogP contribution in [-0.4, -0.2) is 42.1 Å². The number of hydrogen-bond acceptors (Lipinski definition) is 2. The molecule has 1 fully saturated rings. The van der Waals surface area contributed by atoms with Crippen molar-refractivity contribution in [3.63, 3.8) is 0 Å². The van der Waals surface area contributed by atoms with Crippen LogP contribution in [0, 0.1) is 25.6 Å². The number of rotatable bonds is 4. The number of carbonyl (C=O) groups excluding carboxylic acids is 1. The molecule has 1 atom stereocenters. The zero-order chi connectivity index (χ0) is 17.3. The molecule has 0 unspecified atom stereocenters. The number of nitrogens with one attached hydrogen (secondary N) is 1. The number of halogens is 1. The summed E-state index contributed by atoms with van der Waals surface area (Å²) in [5, 5.41) is 3.18. The van der Waals surface area contributed by atoms with E-state index in [1.54, 1.807) is 6.07 Å². The van der Waals surface area contributed by atoms with Gasteiger partial charge in [0.2, 0.25) is 0 Å². The summed E-state index contributed by atoms with van der Waals surface area (Å²) in [7, 11) is 1.94. The lowest BCUT2D eigenvalue weighted by Gasteiger charge is -2.17. The van der Waals surface area contributed by atoms with Crippen LogP contribution in [0.4, 0.5) is 4.39 Å². The highest BCUT2D eigenvalue weighted by molar-refractivity contribution is 5.96. The first-order valence-corrected chi connectivity index (χ1v) is 8.40.